The third-order valence-corrected chi connectivity index (χ3v) is 4.88. The molecule has 2 rings (SSSR count). The fourth-order valence-corrected chi connectivity index (χ4v) is 3.64. The first kappa shape index (κ1) is 26.2. The highest BCUT2D eigenvalue weighted by Gasteiger charge is 2.32. The van der Waals surface area contributed by atoms with Gasteiger partial charge < -0.3 is 15.2 Å². The molecule has 0 saturated carbocycles. The van der Waals surface area contributed by atoms with E-state index >= 15 is 4.39 Å². The van der Waals surface area contributed by atoms with Gasteiger partial charge >= 0.3 is 18.2 Å². The first-order chi connectivity index (χ1) is 15.0. The quantitative estimate of drug-likeness (QED) is 0.492. The number of rotatable bonds is 5. The monoisotopic (exact) mass is 469 g/mol. The number of carbonyl (C=O) groups is 2. The number of carbonyl (C=O) groups excluding carboxylic acids is 1. The predicted octanol–water partition coefficient (Wildman–Crippen LogP) is 6.48. The zero-order valence-electron chi connectivity index (χ0n) is 19.3. The average molecular weight is 469 g/mol. The van der Waals surface area contributed by atoms with Gasteiger partial charge in [0.15, 0.2) is 0 Å². The van der Waals surface area contributed by atoms with Crippen molar-refractivity contribution in [3.63, 3.8) is 0 Å². The molecule has 0 aliphatic heterocycles. The molecule has 1 atom stereocenters. The number of ether oxygens (including phenoxy) is 1. The number of aliphatic carboxylic acids is 1. The SMILES string of the molecule is Cc1cc(-c2c(C)cc(C(F)(F)F)cc2C)cc([C@H](CC(=O)O)NC(=O)OC(C)(C)C)c1F. The van der Waals surface area contributed by atoms with Gasteiger partial charge in [0.05, 0.1) is 18.0 Å². The Kier molecular flexibility index (Phi) is 7.46. The molecule has 0 saturated heterocycles. The van der Waals surface area contributed by atoms with Crippen molar-refractivity contribution in [2.24, 2.45) is 0 Å². The molecule has 0 aliphatic carbocycles. The van der Waals surface area contributed by atoms with Crippen molar-refractivity contribution in [2.45, 2.75) is 65.8 Å². The van der Waals surface area contributed by atoms with Crippen molar-refractivity contribution in [2.75, 3.05) is 0 Å². The van der Waals surface area contributed by atoms with Crippen molar-refractivity contribution in [1.82, 2.24) is 5.32 Å². The second-order valence-corrected chi connectivity index (χ2v) is 8.98. The Bertz CT molecular complexity index is 1050. The van der Waals surface area contributed by atoms with Gasteiger partial charge in [0.1, 0.15) is 11.4 Å². The van der Waals surface area contributed by atoms with Crippen molar-refractivity contribution < 1.29 is 37.0 Å². The Morgan fingerprint density at radius 3 is 2.00 bits per heavy atom. The summed E-state index contributed by atoms with van der Waals surface area (Å²) in [7, 11) is 0. The smallest absolute Gasteiger partial charge is 0.416 e. The molecular formula is C24H27F4NO4. The third-order valence-electron chi connectivity index (χ3n) is 4.88. The fraction of sp³-hybridized carbons (Fsp3) is 0.417. The lowest BCUT2D eigenvalue weighted by Crippen LogP contribution is -2.36. The van der Waals surface area contributed by atoms with Crippen molar-refractivity contribution in [3.8, 4) is 11.1 Å². The summed E-state index contributed by atoms with van der Waals surface area (Å²) in [4.78, 5) is 23.7. The summed E-state index contributed by atoms with van der Waals surface area (Å²) in [5.41, 5.74) is -0.0611. The van der Waals surface area contributed by atoms with E-state index in [1.54, 1.807) is 20.8 Å². The molecule has 2 N–H and O–H groups in total. The molecule has 180 valence electrons. The highest BCUT2D eigenvalue weighted by atomic mass is 19.4. The molecule has 0 fully saturated rings. The number of hydrogen-bond donors (Lipinski definition) is 2. The maximum Gasteiger partial charge on any atom is 0.416 e. The van der Waals surface area contributed by atoms with Crippen LogP contribution in [0.2, 0.25) is 0 Å². The minimum Gasteiger partial charge on any atom is -0.481 e. The average Bonchev–Trinajstić information content (AvgIpc) is 2.60. The third kappa shape index (κ3) is 6.69. The van der Waals surface area contributed by atoms with Crippen LogP contribution in [-0.2, 0) is 15.7 Å². The van der Waals surface area contributed by atoms with E-state index < -0.39 is 47.7 Å². The van der Waals surface area contributed by atoms with Gasteiger partial charge in [-0.15, -0.1) is 0 Å². The van der Waals surface area contributed by atoms with Crippen LogP contribution >= 0.6 is 0 Å². The van der Waals surface area contributed by atoms with Crippen LogP contribution in [-0.4, -0.2) is 22.8 Å². The normalized spacial score (nSPS) is 12.9. The maximum absolute atomic E-state index is 15.1. The number of hydrogen-bond acceptors (Lipinski definition) is 3. The van der Waals surface area contributed by atoms with Gasteiger partial charge in [-0.1, -0.05) is 0 Å². The van der Waals surface area contributed by atoms with Gasteiger partial charge in [0, 0.05) is 5.56 Å². The van der Waals surface area contributed by atoms with Gasteiger partial charge in [-0.05, 0) is 93.6 Å². The number of nitrogens with one attached hydrogen (secondary N) is 1. The summed E-state index contributed by atoms with van der Waals surface area (Å²) in [6.45, 7) is 9.37. The summed E-state index contributed by atoms with van der Waals surface area (Å²) in [6, 6.07) is 3.59. The fourth-order valence-electron chi connectivity index (χ4n) is 3.64. The van der Waals surface area contributed by atoms with E-state index in [1.807, 2.05) is 0 Å². The molecule has 0 aromatic heterocycles. The standard InChI is InChI=1S/C24H27F4NO4/c1-12-8-16(24(26,27)28)9-13(2)20(12)15-7-14(3)21(25)17(10-15)18(11-19(30)31)29-22(32)33-23(4,5)6/h7-10,18H,11H2,1-6H3,(H,29,32)(H,30,31)/t18-/m0/s1. The van der Waals surface area contributed by atoms with E-state index in [2.05, 4.69) is 5.32 Å². The summed E-state index contributed by atoms with van der Waals surface area (Å²) in [5.74, 6) is -2.00. The largest absolute Gasteiger partial charge is 0.481 e. The molecule has 0 bridgehead atoms. The van der Waals surface area contributed by atoms with Crippen LogP contribution < -0.4 is 5.32 Å². The number of alkyl carbamates (subject to hydrolysis) is 1. The summed E-state index contributed by atoms with van der Waals surface area (Å²) >= 11 is 0. The van der Waals surface area contributed by atoms with E-state index in [9.17, 15) is 27.9 Å². The first-order valence-corrected chi connectivity index (χ1v) is 10.2. The molecule has 0 heterocycles. The van der Waals surface area contributed by atoms with Gasteiger partial charge in [0.25, 0.3) is 0 Å². The second-order valence-electron chi connectivity index (χ2n) is 8.98. The minimum atomic E-state index is -4.51. The summed E-state index contributed by atoms with van der Waals surface area (Å²) < 4.78 is 59.8. The van der Waals surface area contributed by atoms with Crippen molar-refractivity contribution >= 4 is 12.1 Å². The van der Waals surface area contributed by atoms with Crippen molar-refractivity contribution in [1.29, 1.82) is 0 Å². The Morgan fingerprint density at radius 1 is 1.00 bits per heavy atom. The topological polar surface area (TPSA) is 75.6 Å². The predicted molar refractivity (Wildman–Crippen MR) is 115 cm³/mol. The van der Waals surface area contributed by atoms with E-state index in [0.29, 0.717) is 22.3 Å². The molecule has 33 heavy (non-hydrogen) atoms. The highest BCUT2D eigenvalue weighted by Crippen LogP contribution is 2.37. The van der Waals surface area contributed by atoms with Crippen LogP contribution in [0.25, 0.3) is 11.1 Å². The second kappa shape index (κ2) is 9.41. The van der Waals surface area contributed by atoms with Gasteiger partial charge in [0.2, 0.25) is 0 Å². The molecule has 0 spiro atoms. The van der Waals surface area contributed by atoms with Crippen LogP contribution in [0, 0.1) is 26.6 Å². The van der Waals surface area contributed by atoms with Crippen molar-refractivity contribution in [3.05, 3.63) is 57.9 Å². The van der Waals surface area contributed by atoms with E-state index in [1.165, 1.54) is 32.9 Å². The molecule has 0 unspecified atom stereocenters. The summed E-state index contributed by atoms with van der Waals surface area (Å²) in [6.07, 6.45) is -6.05. The Hall–Kier alpha value is -3.10. The number of aryl methyl sites for hydroxylation is 3. The lowest BCUT2D eigenvalue weighted by molar-refractivity contribution is -0.138. The Morgan fingerprint density at radius 2 is 1.55 bits per heavy atom. The van der Waals surface area contributed by atoms with Gasteiger partial charge in [-0.3, -0.25) is 4.79 Å². The molecule has 2 aromatic rings. The number of amides is 1. The molecule has 1 amide bonds. The van der Waals surface area contributed by atoms with Gasteiger partial charge in [-0.2, -0.15) is 13.2 Å². The zero-order valence-corrected chi connectivity index (χ0v) is 19.3. The molecule has 5 nitrogen and oxygen atoms in total. The van der Waals surface area contributed by atoms with E-state index in [-0.39, 0.29) is 11.1 Å². The molecular weight excluding hydrogens is 442 g/mol. The van der Waals surface area contributed by atoms with E-state index in [4.69, 9.17) is 4.74 Å². The molecule has 0 aliphatic rings. The van der Waals surface area contributed by atoms with E-state index in [0.717, 1.165) is 12.1 Å². The van der Waals surface area contributed by atoms with Crippen LogP contribution in [0.3, 0.4) is 0 Å². The van der Waals surface area contributed by atoms with Crippen LogP contribution in [0.1, 0.15) is 61.1 Å². The number of halogens is 4. The molecule has 9 heteroatoms. The van der Waals surface area contributed by atoms with Crippen LogP contribution in [0.5, 0.6) is 0 Å². The van der Waals surface area contributed by atoms with Crippen LogP contribution in [0.15, 0.2) is 24.3 Å². The summed E-state index contributed by atoms with van der Waals surface area (Å²) in [5, 5.41) is 11.7. The number of carboxylic acids is 1. The number of alkyl halides is 3. The molecule has 2 aromatic carbocycles. The lowest BCUT2D eigenvalue weighted by atomic mass is 9.89. The zero-order chi connectivity index (χ0) is 25.3. The first-order valence-electron chi connectivity index (χ1n) is 10.2. The molecule has 0 radical (unpaired) electrons. The van der Waals surface area contributed by atoms with Gasteiger partial charge in [-0.25, -0.2) is 9.18 Å². The minimum absolute atomic E-state index is 0.100. The van der Waals surface area contributed by atoms with Crippen LogP contribution in [0.4, 0.5) is 22.4 Å². The Labute approximate surface area is 189 Å². The number of carboxylic acid groups (broad SMARTS) is 1. The Balaban J connectivity index is 2.60. The lowest BCUT2D eigenvalue weighted by Gasteiger charge is -2.24. The highest BCUT2D eigenvalue weighted by molar-refractivity contribution is 5.75. The number of benzene rings is 2. The maximum atomic E-state index is 15.1.